The molecule has 3 aliphatic rings. The topological polar surface area (TPSA) is 61.9 Å². The minimum Gasteiger partial charge on any atom is -0.375 e. The van der Waals surface area contributed by atoms with Gasteiger partial charge in [-0.15, -0.1) is 0 Å². The van der Waals surface area contributed by atoms with Crippen molar-refractivity contribution >= 4 is 17.6 Å². The highest BCUT2D eigenvalue weighted by Crippen LogP contribution is 2.40. The van der Waals surface area contributed by atoms with Gasteiger partial charge in [0.1, 0.15) is 0 Å². The van der Waals surface area contributed by atoms with Crippen molar-refractivity contribution in [2.75, 3.05) is 25.0 Å². The first-order valence-corrected chi connectivity index (χ1v) is 10.5. The number of hydrogen-bond acceptors (Lipinski definition) is 3. The van der Waals surface area contributed by atoms with Gasteiger partial charge in [0.25, 0.3) is 0 Å². The Morgan fingerprint density at radius 2 is 1.93 bits per heavy atom. The molecule has 0 aromatic heterocycles. The van der Waals surface area contributed by atoms with Gasteiger partial charge in [-0.25, -0.2) is 4.79 Å². The first kappa shape index (κ1) is 19.2. The number of carbonyl (C=O) groups is 2. The Morgan fingerprint density at radius 1 is 1.18 bits per heavy atom. The number of nitrogens with one attached hydrogen (secondary N) is 1. The van der Waals surface area contributed by atoms with Crippen LogP contribution in [0.4, 0.5) is 10.5 Å². The van der Waals surface area contributed by atoms with Gasteiger partial charge in [-0.3, -0.25) is 4.79 Å². The molecule has 3 fully saturated rings. The lowest BCUT2D eigenvalue weighted by Crippen LogP contribution is -2.56. The fourth-order valence-corrected chi connectivity index (χ4v) is 4.80. The van der Waals surface area contributed by atoms with Crippen molar-refractivity contribution in [2.24, 2.45) is 0 Å². The summed E-state index contributed by atoms with van der Waals surface area (Å²) in [5, 5.41) is 3.00. The zero-order valence-electron chi connectivity index (χ0n) is 16.9. The van der Waals surface area contributed by atoms with Crippen molar-refractivity contribution < 1.29 is 14.3 Å². The van der Waals surface area contributed by atoms with Crippen LogP contribution in [0.3, 0.4) is 0 Å². The van der Waals surface area contributed by atoms with Crippen LogP contribution in [0, 0.1) is 6.92 Å². The number of aryl methyl sites for hydroxylation is 1. The maximum atomic E-state index is 12.6. The van der Waals surface area contributed by atoms with Crippen LogP contribution in [0.15, 0.2) is 24.3 Å². The van der Waals surface area contributed by atoms with Crippen molar-refractivity contribution in [1.82, 2.24) is 9.80 Å². The van der Waals surface area contributed by atoms with Gasteiger partial charge in [-0.05, 0) is 63.1 Å². The van der Waals surface area contributed by atoms with E-state index in [0.29, 0.717) is 25.7 Å². The molecule has 1 aromatic carbocycles. The highest BCUT2D eigenvalue weighted by Gasteiger charge is 2.45. The molecular formula is C22H31N3O3. The van der Waals surface area contributed by atoms with Gasteiger partial charge in [0.2, 0.25) is 5.91 Å². The minimum atomic E-state index is -0.189. The van der Waals surface area contributed by atoms with Gasteiger partial charge in [0.05, 0.1) is 5.60 Å². The van der Waals surface area contributed by atoms with Crippen molar-refractivity contribution in [3.05, 3.63) is 29.8 Å². The molecule has 1 saturated carbocycles. The Morgan fingerprint density at radius 3 is 2.57 bits per heavy atom. The minimum absolute atomic E-state index is 0.0452. The van der Waals surface area contributed by atoms with E-state index < -0.39 is 0 Å². The Balaban J connectivity index is 1.35. The molecule has 6 heteroatoms. The molecule has 3 amide bonds. The van der Waals surface area contributed by atoms with Crippen molar-refractivity contribution in [1.29, 1.82) is 0 Å². The zero-order valence-corrected chi connectivity index (χ0v) is 16.9. The molecule has 0 radical (unpaired) electrons. The van der Waals surface area contributed by atoms with Gasteiger partial charge in [-0.1, -0.05) is 12.1 Å². The second kappa shape index (κ2) is 7.74. The maximum Gasteiger partial charge on any atom is 0.321 e. The third-order valence-electron chi connectivity index (χ3n) is 6.40. The lowest BCUT2D eigenvalue weighted by molar-refractivity contribution is -0.148. The molecule has 0 bridgehead atoms. The van der Waals surface area contributed by atoms with Crippen molar-refractivity contribution in [3.8, 4) is 0 Å². The maximum absolute atomic E-state index is 12.6. The summed E-state index contributed by atoms with van der Waals surface area (Å²) in [6.45, 7) is 5.79. The van der Waals surface area contributed by atoms with Crippen LogP contribution in [0.5, 0.6) is 0 Å². The van der Waals surface area contributed by atoms with Gasteiger partial charge in [0.15, 0.2) is 0 Å². The van der Waals surface area contributed by atoms with E-state index in [1.54, 1.807) is 6.92 Å². The molecule has 1 aliphatic carbocycles. The van der Waals surface area contributed by atoms with Crippen molar-refractivity contribution in [3.63, 3.8) is 0 Å². The lowest BCUT2D eigenvalue weighted by atomic mass is 9.81. The fraction of sp³-hybridized carbons (Fsp3) is 0.636. The molecule has 28 heavy (non-hydrogen) atoms. The SMILES string of the molecule is CC(=O)N(C1CC1)C1CCOC2(CCN(C(=O)Nc3cccc(C)c3)CC2)C1. The molecular weight excluding hydrogens is 354 g/mol. The number of benzene rings is 1. The Hall–Kier alpha value is -2.08. The molecule has 2 heterocycles. The first-order chi connectivity index (χ1) is 13.5. The molecule has 1 N–H and O–H groups in total. The van der Waals surface area contributed by atoms with E-state index in [1.807, 2.05) is 36.1 Å². The summed E-state index contributed by atoms with van der Waals surface area (Å²) in [6, 6.07) is 8.54. The van der Waals surface area contributed by atoms with Crippen molar-refractivity contribution in [2.45, 2.75) is 70.1 Å². The number of nitrogens with zero attached hydrogens (tertiary/aromatic N) is 2. The van der Waals surface area contributed by atoms with Crippen LogP contribution in [-0.2, 0) is 9.53 Å². The standard InChI is InChI=1S/C22H31N3O3/c1-16-4-3-5-18(14-16)23-21(27)24-11-9-22(10-12-24)15-20(8-13-28-22)25(17(2)26)19-6-7-19/h3-5,14,19-20H,6-13,15H2,1-2H3,(H,23,27). The summed E-state index contributed by atoms with van der Waals surface area (Å²) >= 11 is 0. The smallest absolute Gasteiger partial charge is 0.321 e. The van der Waals surface area contributed by atoms with E-state index in [4.69, 9.17) is 4.74 Å². The molecule has 1 atom stereocenters. The zero-order chi connectivity index (χ0) is 19.7. The summed E-state index contributed by atoms with van der Waals surface area (Å²) in [6.07, 6.45) is 5.77. The van der Waals surface area contributed by atoms with Crippen LogP contribution in [-0.4, -0.2) is 59.1 Å². The highest BCUT2D eigenvalue weighted by atomic mass is 16.5. The van der Waals surface area contributed by atoms with E-state index in [-0.39, 0.29) is 23.6 Å². The monoisotopic (exact) mass is 385 g/mol. The van der Waals surface area contributed by atoms with E-state index in [9.17, 15) is 9.59 Å². The van der Waals surface area contributed by atoms with Gasteiger partial charge < -0.3 is 19.9 Å². The highest BCUT2D eigenvalue weighted by molar-refractivity contribution is 5.89. The Bertz CT molecular complexity index is 738. The van der Waals surface area contributed by atoms with E-state index in [2.05, 4.69) is 10.2 Å². The van der Waals surface area contributed by atoms with Gasteiger partial charge in [0, 0.05) is 44.4 Å². The molecule has 2 aliphatic heterocycles. The van der Waals surface area contributed by atoms with E-state index in [1.165, 1.54) is 0 Å². The summed E-state index contributed by atoms with van der Waals surface area (Å²) in [7, 11) is 0. The first-order valence-electron chi connectivity index (χ1n) is 10.5. The second-order valence-corrected chi connectivity index (χ2v) is 8.62. The number of urea groups is 1. The van der Waals surface area contributed by atoms with Gasteiger partial charge >= 0.3 is 6.03 Å². The third kappa shape index (κ3) is 4.17. The molecule has 4 rings (SSSR count). The number of anilines is 1. The number of carbonyl (C=O) groups excluding carboxylic acids is 2. The average molecular weight is 386 g/mol. The summed E-state index contributed by atoms with van der Waals surface area (Å²) in [5.74, 6) is 0.194. The Kier molecular flexibility index (Phi) is 5.32. The van der Waals surface area contributed by atoms with E-state index in [0.717, 1.165) is 49.8 Å². The van der Waals surface area contributed by atoms with Crippen LogP contribution >= 0.6 is 0 Å². The number of rotatable bonds is 3. The normalized spacial score (nSPS) is 24.1. The molecule has 1 spiro atoms. The molecule has 1 unspecified atom stereocenters. The number of ether oxygens (including phenoxy) is 1. The number of hydrogen-bond donors (Lipinski definition) is 1. The van der Waals surface area contributed by atoms with Gasteiger partial charge in [-0.2, -0.15) is 0 Å². The lowest BCUT2D eigenvalue weighted by Gasteiger charge is -2.48. The van der Waals surface area contributed by atoms with Crippen LogP contribution in [0.1, 0.15) is 51.0 Å². The second-order valence-electron chi connectivity index (χ2n) is 8.62. The number of piperidine rings is 1. The number of amides is 3. The number of likely N-dealkylation sites (tertiary alicyclic amines) is 1. The molecule has 6 nitrogen and oxygen atoms in total. The largest absolute Gasteiger partial charge is 0.375 e. The third-order valence-corrected chi connectivity index (χ3v) is 6.40. The summed E-state index contributed by atoms with van der Waals surface area (Å²) in [4.78, 5) is 28.8. The Labute approximate surface area is 167 Å². The summed E-state index contributed by atoms with van der Waals surface area (Å²) in [5.41, 5.74) is 1.77. The fourth-order valence-electron chi connectivity index (χ4n) is 4.80. The molecule has 152 valence electrons. The predicted molar refractivity (Wildman–Crippen MR) is 108 cm³/mol. The molecule has 2 saturated heterocycles. The summed E-state index contributed by atoms with van der Waals surface area (Å²) < 4.78 is 6.23. The predicted octanol–water partition coefficient (Wildman–Crippen LogP) is 3.55. The molecule has 1 aromatic rings. The van der Waals surface area contributed by atoms with E-state index >= 15 is 0 Å². The van der Waals surface area contributed by atoms with Crippen LogP contribution in [0.2, 0.25) is 0 Å². The van der Waals surface area contributed by atoms with Crippen LogP contribution < -0.4 is 5.32 Å². The quantitative estimate of drug-likeness (QED) is 0.865. The van der Waals surface area contributed by atoms with Crippen LogP contribution in [0.25, 0.3) is 0 Å². The average Bonchev–Trinajstić information content (AvgIpc) is 3.47.